The zero-order chi connectivity index (χ0) is 10.3. The molecule has 0 N–H and O–H groups in total. The second kappa shape index (κ2) is 3.31. The van der Waals surface area contributed by atoms with Crippen LogP contribution in [0.2, 0.25) is 0 Å². The van der Waals surface area contributed by atoms with Gasteiger partial charge in [-0.25, -0.2) is 0 Å². The lowest BCUT2D eigenvalue weighted by Gasteiger charge is -2.19. The molecule has 2 saturated carbocycles. The van der Waals surface area contributed by atoms with Crippen molar-refractivity contribution in [3.63, 3.8) is 0 Å². The molecule has 0 heterocycles. The Morgan fingerprint density at radius 3 is 2.79 bits per heavy atom. The Bertz CT molecular complexity index is 247. The summed E-state index contributed by atoms with van der Waals surface area (Å²) < 4.78 is 10.2. The lowest BCUT2D eigenvalue weighted by Crippen LogP contribution is -2.29. The first-order valence-corrected chi connectivity index (χ1v) is 5.20. The Hall–Kier alpha value is -0.410. The number of ether oxygens (including phenoxy) is 2. The van der Waals surface area contributed by atoms with Crippen LogP contribution in [0.3, 0.4) is 0 Å². The van der Waals surface area contributed by atoms with Crippen LogP contribution < -0.4 is 0 Å². The fourth-order valence-electron chi connectivity index (χ4n) is 2.75. The molecule has 3 nitrogen and oxygen atoms in total. The van der Waals surface area contributed by atoms with E-state index in [1.807, 2.05) is 0 Å². The van der Waals surface area contributed by atoms with Gasteiger partial charge >= 0.3 is 0 Å². The van der Waals surface area contributed by atoms with E-state index in [0.717, 1.165) is 6.42 Å². The molecular formula is C11H18O3. The standard InChI is InChI=1S/C11H18O3/c1-11(2)7-4-9(12)10(5-8(7)11)14-6-13-3/h7-8,10H,4-6H2,1-3H3/t7?,8?,10-/m1/s1. The van der Waals surface area contributed by atoms with Crippen LogP contribution in [0.15, 0.2) is 0 Å². The average Bonchev–Trinajstić information content (AvgIpc) is 2.65. The molecule has 2 rings (SSSR count). The highest BCUT2D eigenvalue weighted by Gasteiger charge is 2.61. The predicted octanol–water partition coefficient (Wildman–Crippen LogP) is 1.61. The fraction of sp³-hybridized carbons (Fsp3) is 0.909. The summed E-state index contributed by atoms with van der Waals surface area (Å²) in [7, 11) is 1.58. The minimum Gasteiger partial charge on any atom is -0.359 e. The minimum absolute atomic E-state index is 0.210. The smallest absolute Gasteiger partial charge is 0.161 e. The lowest BCUT2D eigenvalue weighted by molar-refractivity contribution is -0.143. The van der Waals surface area contributed by atoms with Crippen LogP contribution in [0.25, 0.3) is 0 Å². The van der Waals surface area contributed by atoms with Crippen molar-refractivity contribution in [2.24, 2.45) is 17.3 Å². The van der Waals surface area contributed by atoms with Gasteiger partial charge in [-0.1, -0.05) is 13.8 Å². The van der Waals surface area contributed by atoms with Gasteiger partial charge in [0.15, 0.2) is 5.78 Å². The molecule has 0 aromatic carbocycles. The van der Waals surface area contributed by atoms with Crippen LogP contribution in [0, 0.1) is 17.3 Å². The third kappa shape index (κ3) is 1.48. The van der Waals surface area contributed by atoms with Crippen LogP contribution in [0.5, 0.6) is 0 Å². The highest BCUT2D eigenvalue weighted by molar-refractivity contribution is 5.85. The van der Waals surface area contributed by atoms with E-state index in [1.165, 1.54) is 0 Å². The van der Waals surface area contributed by atoms with E-state index in [1.54, 1.807) is 7.11 Å². The molecule has 0 amide bonds. The van der Waals surface area contributed by atoms with Gasteiger partial charge in [-0.05, 0) is 23.7 Å². The molecule has 3 heteroatoms. The van der Waals surface area contributed by atoms with E-state index in [-0.39, 0.29) is 18.7 Å². The first-order valence-electron chi connectivity index (χ1n) is 5.20. The Kier molecular flexibility index (Phi) is 2.40. The highest BCUT2D eigenvalue weighted by Crippen LogP contribution is 2.64. The summed E-state index contributed by atoms with van der Waals surface area (Å²) in [6.45, 7) is 4.72. The van der Waals surface area contributed by atoms with Gasteiger partial charge in [-0.2, -0.15) is 0 Å². The number of methoxy groups -OCH3 is 1. The van der Waals surface area contributed by atoms with E-state index in [9.17, 15) is 4.79 Å². The molecule has 0 spiro atoms. The number of fused-ring (bicyclic) bond motifs is 1. The minimum atomic E-state index is -0.210. The topological polar surface area (TPSA) is 35.5 Å². The Morgan fingerprint density at radius 1 is 1.43 bits per heavy atom. The van der Waals surface area contributed by atoms with Crippen LogP contribution in [-0.4, -0.2) is 25.8 Å². The van der Waals surface area contributed by atoms with Crippen molar-refractivity contribution >= 4 is 5.78 Å². The Labute approximate surface area is 84.8 Å². The number of Topliss-reactive ketones (excluding diaryl/α,β-unsaturated/α-hetero) is 1. The van der Waals surface area contributed by atoms with Crippen LogP contribution in [-0.2, 0) is 14.3 Å². The predicted molar refractivity (Wildman–Crippen MR) is 51.8 cm³/mol. The van der Waals surface area contributed by atoms with Crippen molar-refractivity contribution in [2.75, 3.05) is 13.9 Å². The first kappa shape index (κ1) is 10.1. The van der Waals surface area contributed by atoms with Crippen LogP contribution in [0.4, 0.5) is 0 Å². The summed E-state index contributed by atoms with van der Waals surface area (Å²) in [5, 5.41) is 0. The zero-order valence-electron chi connectivity index (χ0n) is 9.08. The largest absolute Gasteiger partial charge is 0.359 e. The molecule has 2 aliphatic carbocycles. The molecule has 0 saturated heterocycles. The van der Waals surface area contributed by atoms with E-state index < -0.39 is 0 Å². The van der Waals surface area contributed by atoms with E-state index >= 15 is 0 Å². The summed E-state index contributed by atoms with van der Waals surface area (Å²) in [4.78, 5) is 11.6. The zero-order valence-corrected chi connectivity index (χ0v) is 9.08. The van der Waals surface area contributed by atoms with Crippen LogP contribution >= 0.6 is 0 Å². The van der Waals surface area contributed by atoms with Crippen molar-refractivity contribution in [1.82, 2.24) is 0 Å². The van der Waals surface area contributed by atoms with Gasteiger partial charge in [0.2, 0.25) is 0 Å². The fourth-order valence-corrected chi connectivity index (χ4v) is 2.75. The number of hydrogen-bond acceptors (Lipinski definition) is 3. The van der Waals surface area contributed by atoms with Crippen molar-refractivity contribution in [3.05, 3.63) is 0 Å². The monoisotopic (exact) mass is 198 g/mol. The summed E-state index contributed by atoms with van der Waals surface area (Å²) in [5.41, 5.74) is 0.362. The summed E-state index contributed by atoms with van der Waals surface area (Å²) in [6, 6.07) is 0. The molecule has 2 aliphatic rings. The third-order valence-electron chi connectivity index (χ3n) is 3.92. The Morgan fingerprint density at radius 2 is 2.14 bits per heavy atom. The molecule has 0 aromatic rings. The summed E-state index contributed by atoms with van der Waals surface area (Å²) in [6.07, 6.45) is 1.38. The Balaban J connectivity index is 1.93. The van der Waals surface area contributed by atoms with Crippen molar-refractivity contribution in [2.45, 2.75) is 32.8 Å². The van der Waals surface area contributed by atoms with E-state index in [0.29, 0.717) is 23.7 Å². The first-order chi connectivity index (χ1) is 6.57. The second-order valence-electron chi connectivity index (χ2n) is 5.00. The molecule has 0 radical (unpaired) electrons. The van der Waals surface area contributed by atoms with Gasteiger partial charge in [0, 0.05) is 13.5 Å². The van der Waals surface area contributed by atoms with Crippen molar-refractivity contribution in [1.29, 1.82) is 0 Å². The number of rotatable bonds is 3. The van der Waals surface area contributed by atoms with Gasteiger partial charge in [-0.15, -0.1) is 0 Å². The normalized spacial score (nSPS) is 39.4. The summed E-state index contributed by atoms with van der Waals surface area (Å²) >= 11 is 0. The second-order valence-corrected chi connectivity index (χ2v) is 5.00. The van der Waals surface area contributed by atoms with E-state index in [4.69, 9.17) is 9.47 Å². The van der Waals surface area contributed by atoms with Crippen LogP contribution in [0.1, 0.15) is 26.7 Å². The SMILES string of the molecule is COCO[C@@H]1CC2C(CC1=O)C2(C)C. The molecule has 2 unspecified atom stereocenters. The number of ketones is 1. The van der Waals surface area contributed by atoms with Gasteiger partial charge < -0.3 is 9.47 Å². The maximum Gasteiger partial charge on any atom is 0.161 e. The maximum absolute atomic E-state index is 11.6. The molecule has 0 aromatic heterocycles. The van der Waals surface area contributed by atoms with Gasteiger partial charge in [0.05, 0.1) is 0 Å². The highest BCUT2D eigenvalue weighted by atomic mass is 16.7. The van der Waals surface area contributed by atoms with Gasteiger partial charge in [0.1, 0.15) is 12.9 Å². The average molecular weight is 198 g/mol. The van der Waals surface area contributed by atoms with Crippen molar-refractivity contribution < 1.29 is 14.3 Å². The number of carbonyl (C=O) groups excluding carboxylic acids is 1. The van der Waals surface area contributed by atoms with Crippen molar-refractivity contribution in [3.8, 4) is 0 Å². The third-order valence-corrected chi connectivity index (χ3v) is 3.92. The molecule has 80 valence electrons. The molecular weight excluding hydrogens is 180 g/mol. The lowest BCUT2D eigenvalue weighted by atomic mass is 9.96. The summed E-state index contributed by atoms with van der Waals surface area (Å²) in [5.74, 6) is 1.55. The van der Waals surface area contributed by atoms with E-state index in [2.05, 4.69) is 13.8 Å². The maximum atomic E-state index is 11.6. The number of carbonyl (C=O) groups is 1. The molecule has 3 atom stereocenters. The molecule has 0 aliphatic heterocycles. The molecule has 14 heavy (non-hydrogen) atoms. The quantitative estimate of drug-likeness (QED) is 0.646. The number of hydrogen-bond donors (Lipinski definition) is 0. The molecule has 0 bridgehead atoms. The van der Waals surface area contributed by atoms with Gasteiger partial charge in [0.25, 0.3) is 0 Å². The molecule has 2 fully saturated rings. The van der Waals surface area contributed by atoms with Gasteiger partial charge in [-0.3, -0.25) is 4.79 Å².